The van der Waals surface area contributed by atoms with Crippen molar-refractivity contribution in [2.45, 2.75) is 90.6 Å². The van der Waals surface area contributed by atoms with Crippen LogP contribution in [0.15, 0.2) is 77.8 Å². The number of hydrogen-bond acceptors (Lipinski definition) is 9. The number of alkyl carbamates (subject to hydrolysis) is 1. The topological polar surface area (TPSA) is 134 Å². The van der Waals surface area contributed by atoms with Crippen LogP contribution in [-0.2, 0) is 35.5 Å². The molecule has 2 aromatic heterocycles. The number of ether oxygens (including phenoxy) is 1. The van der Waals surface area contributed by atoms with Gasteiger partial charge in [-0.2, -0.15) is 0 Å². The summed E-state index contributed by atoms with van der Waals surface area (Å²) in [7, 11) is 1.70. The smallest absolute Gasteiger partial charge is 0.407 e. The number of aliphatic hydroxyl groups excluding tert-OH is 1. The first-order chi connectivity index (χ1) is 24.0. The van der Waals surface area contributed by atoms with Crippen molar-refractivity contribution in [2.24, 2.45) is 11.8 Å². The monoisotopic (exact) mass is 719 g/mol. The summed E-state index contributed by atoms with van der Waals surface area (Å²) >= 11 is 2.97. The van der Waals surface area contributed by atoms with Gasteiger partial charge in [-0.05, 0) is 42.2 Å². The van der Waals surface area contributed by atoms with Gasteiger partial charge in [-0.15, -0.1) is 22.7 Å². The molecule has 0 unspecified atom stereocenters. The lowest BCUT2D eigenvalue weighted by molar-refractivity contribution is -0.123. The number of ketones is 1. The van der Waals surface area contributed by atoms with Gasteiger partial charge in [0, 0.05) is 31.0 Å². The van der Waals surface area contributed by atoms with E-state index in [4.69, 9.17) is 4.74 Å². The van der Waals surface area contributed by atoms with Crippen LogP contribution in [-0.4, -0.2) is 63.1 Å². The fourth-order valence-corrected chi connectivity index (χ4v) is 7.07. The normalized spacial score (nSPS) is 13.8. The molecule has 4 atom stereocenters. The number of rotatable bonds is 18. The summed E-state index contributed by atoms with van der Waals surface area (Å²) < 4.78 is 5.44. The van der Waals surface area contributed by atoms with E-state index in [1.54, 1.807) is 35.0 Å². The molecule has 4 aromatic rings. The number of amides is 3. The molecule has 2 aromatic carbocycles. The highest BCUT2D eigenvalue weighted by Gasteiger charge is 2.31. The second kappa shape index (κ2) is 19.3. The molecule has 0 saturated heterocycles. The van der Waals surface area contributed by atoms with Crippen molar-refractivity contribution in [2.75, 3.05) is 7.05 Å². The molecular weight excluding hydrogens is 671 g/mol. The van der Waals surface area contributed by atoms with Gasteiger partial charge >= 0.3 is 12.1 Å². The van der Waals surface area contributed by atoms with Crippen LogP contribution in [0.4, 0.5) is 9.59 Å². The lowest BCUT2D eigenvalue weighted by Crippen LogP contribution is -2.49. The molecule has 0 saturated carbocycles. The zero-order valence-electron chi connectivity index (χ0n) is 29.5. The van der Waals surface area contributed by atoms with Crippen molar-refractivity contribution in [1.82, 2.24) is 25.5 Å². The Morgan fingerprint density at radius 3 is 2.16 bits per heavy atom. The summed E-state index contributed by atoms with van der Waals surface area (Å²) in [5, 5.41) is 20.5. The van der Waals surface area contributed by atoms with E-state index in [1.165, 1.54) is 11.3 Å². The van der Waals surface area contributed by atoms with E-state index in [-0.39, 0.29) is 43.1 Å². The van der Waals surface area contributed by atoms with Crippen molar-refractivity contribution in [1.29, 1.82) is 0 Å². The molecular formula is C38H49N5O5S2. The number of aromatic nitrogens is 2. The minimum absolute atomic E-state index is 0.0794. The predicted octanol–water partition coefficient (Wildman–Crippen LogP) is 7.00. The highest BCUT2D eigenvalue weighted by atomic mass is 32.1. The Balaban J connectivity index is 1.46. The molecule has 0 aliphatic rings. The van der Waals surface area contributed by atoms with Crippen LogP contribution in [0.3, 0.4) is 0 Å². The number of nitrogens with one attached hydrogen (secondary N) is 2. The largest absolute Gasteiger partial charge is 0.444 e. The van der Waals surface area contributed by atoms with Gasteiger partial charge in [0.15, 0.2) is 5.78 Å². The molecule has 4 rings (SSSR count). The Morgan fingerprint density at radius 2 is 1.58 bits per heavy atom. The van der Waals surface area contributed by atoms with Crippen molar-refractivity contribution < 1.29 is 24.2 Å². The van der Waals surface area contributed by atoms with Gasteiger partial charge in [0.25, 0.3) is 0 Å². The number of nitrogens with zero attached hydrogens (tertiary/aromatic N) is 3. The first kappa shape index (κ1) is 38.7. The van der Waals surface area contributed by atoms with E-state index in [0.717, 1.165) is 26.7 Å². The number of thiazole rings is 2. The maximum absolute atomic E-state index is 14.0. The van der Waals surface area contributed by atoms with Gasteiger partial charge in [0.05, 0.1) is 45.8 Å². The summed E-state index contributed by atoms with van der Waals surface area (Å²) in [6.07, 6.45) is 1.31. The summed E-state index contributed by atoms with van der Waals surface area (Å²) in [6, 6.07) is 17.7. The third kappa shape index (κ3) is 12.3. The minimum atomic E-state index is -0.986. The summed E-state index contributed by atoms with van der Waals surface area (Å²) in [5.41, 5.74) is 4.46. The predicted molar refractivity (Wildman–Crippen MR) is 198 cm³/mol. The lowest BCUT2D eigenvalue weighted by Gasteiger charge is -2.29. The van der Waals surface area contributed by atoms with E-state index in [9.17, 15) is 19.5 Å². The average Bonchev–Trinajstić information content (AvgIpc) is 3.79. The minimum Gasteiger partial charge on any atom is -0.444 e. The van der Waals surface area contributed by atoms with E-state index in [1.807, 2.05) is 79.9 Å². The maximum Gasteiger partial charge on any atom is 0.407 e. The second-order valence-electron chi connectivity index (χ2n) is 13.4. The summed E-state index contributed by atoms with van der Waals surface area (Å²) in [5.74, 6) is -0.226. The molecule has 0 radical (unpaired) electrons. The number of carbonyl (C=O) groups excluding carboxylic acids is 3. The number of carbonyl (C=O) groups is 3. The van der Waals surface area contributed by atoms with Gasteiger partial charge in [0.2, 0.25) is 0 Å². The van der Waals surface area contributed by atoms with Gasteiger partial charge < -0.3 is 25.4 Å². The molecule has 0 spiro atoms. The lowest BCUT2D eigenvalue weighted by atomic mass is 9.84. The first-order valence-electron chi connectivity index (χ1n) is 17.0. The Hall–Kier alpha value is -4.13. The molecule has 2 heterocycles. The number of benzene rings is 2. The van der Waals surface area contributed by atoms with Crippen LogP contribution in [0.5, 0.6) is 0 Å². The highest BCUT2D eigenvalue weighted by Crippen LogP contribution is 2.24. The molecule has 0 aliphatic heterocycles. The molecule has 0 fully saturated rings. The van der Waals surface area contributed by atoms with Gasteiger partial charge in [-0.25, -0.2) is 14.6 Å². The fourth-order valence-electron chi connectivity index (χ4n) is 5.74. The molecule has 3 N–H and O–H groups in total. The van der Waals surface area contributed by atoms with Gasteiger partial charge in [-0.3, -0.25) is 9.78 Å². The highest BCUT2D eigenvalue weighted by molar-refractivity contribution is 7.09. The number of hydrogen-bond donors (Lipinski definition) is 3. The van der Waals surface area contributed by atoms with Crippen LogP contribution in [0.25, 0.3) is 0 Å². The van der Waals surface area contributed by atoms with Crippen molar-refractivity contribution in [3.8, 4) is 0 Å². The molecule has 10 nitrogen and oxygen atoms in total. The summed E-state index contributed by atoms with van der Waals surface area (Å²) in [6.45, 7) is 8.41. The van der Waals surface area contributed by atoms with Crippen molar-refractivity contribution >= 4 is 40.6 Å². The van der Waals surface area contributed by atoms with Crippen LogP contribution in [0.1, 0.15) is 73.2 Å². The quantitative estimate of drug-likeness (QED) is 0.101. The molecule has 3 amide bonds. The first-order valence-corrected chi connectivity index (χ1v) is 18.8. The molecule has 0 bridgehead atoms. The van der Waals surface area contributed by atoms with Gasteiger partial charge in [0.1, 0.15) is 6.61 Å². The van der Waals surface area contributed by atoms with Crippen LogP contribution in [0.2, 0.25) is 0 Å². The Labute approximate surface area is 303 Å². The van der Waals surface area contributed by atoms with Crippen LogP contribution >= 0.6 is 22.7 Å². The zero-order chi connectivity index (χ0) is 36.0. The zero-order valence-corrected chi connectivity index (χ0v) is 31.1. The average molecular weight is 720 g/mol. The Morgan fingerprint density at radius 1 is 0.920 bits per heavy atom. The second-order valence-corrected chi connectivity index (χ2v) is 15.2. The number of Topliss-reactive ketones (excluding diaryl/α,β-unsaturated/α-hetero) is 1. The molecule has 12 heteroatoms. The van der Waals surface area contributed by atoms with E-state index >= 15 is 0 Å². The third-order valence-electron chi connectivity index (χ3n) is 8.43. The number of aliphatic hydroxyl groups is 1. The standard InChI is InChI=1S/C38H49N5O5S2/c1-25(2)35(42-37(46)43(5)21-30-23-49-36(40-30)26(3)4)34(45)19-29(16-27-12-8-6-9-13-27)18-33(44)32(17-28-14-10-7-11-15-28)41-38(47)48-22-31-20-39-24-50-31/h6-15,20,23-26,29,32-33,35,44H,16-19,21-22H2,1-5H3,(H,41,47)(H,42,46)/t29-,32-,33-,35-/m0/s1. The van der Waals surface area contributed by atoms with Crippen LogP contribution in [0, 0.1) is 11.8 Å². The van der Waals surface area contributed by atoms with E-state index in [0.29, 0.717) is 25.3 Å². The SMILES string of the molecule is CC(C)c1nc(CN(C)C(=O)N[C@H](C(=O)C[C@@H](Cc2ccccc2)C[C@H](O)[C@H](Cc2ccccc2)NC(=O)OCc2cncs2)C(C)C)cs1. The third-order valence-corrected chi connectivity index (χ3v) is 10.4. The maximum atomic E-state index is 14.0. The molecule has 50 heavy (non-hydrogen) atoms. The summed E-state index contributed by atoms with van der Waals surface area (Å²) in [4.78, 5) is 51.2. The van der Waals surface area contributed by atoms with E-state index < -0.39 is 24.3 Å². The fraction of sp³-hybridized carbons (Fsp3) is 0.447. The van der Waals surface area contributed by atoms with Crippen molar-refractivity contribution in [3.05, 3.63) is 104 Å². The Kier molecular flexibility index (Phi) is 14.9. The molecule has 268 valence electrons. The Bertz CT molecular complexity index is 1610. The molecule has 0 aliphatic carbocycles. The van der Waals surface area contributed by atoms with Gasteiger partial charge in [-0.1, -0.05) is 88.4 Å². The van der Waals surface area contributed by atoms with Crippen molar-refractivity contribution in [3.63, 3.8) is 0 Å². The van der Waals surface area contributed by atoms with Crippen LogP contribution < -0.4 is 10.6 Å². The van der Waals surface area contributed by atoms with E-state index in [2.05, 4.69) is 34.4 Å². The number of urea groups is 1.